The summed E-state index contributed by atoms with van der Waals surface area (Å²) in [7, 11) is 0. The predicted molar refractivity (Wildman–Crippen MR) is 69.6 cm³/mol. The van der Waals surface area contributed by atoms with E-state index in [1.807, 2.05) is 18.2 Å². The Labute approximate surface area is 102 Å². The number of nitrogens with one attached hydrogen (secondary N) is 1. The second-order valence-corrected chi connectivity index (χ2v) is 4.98. The van der Waals surface area contributed by atoms with Gasteiger partial charge in [0.2, 0.25) is 0 Å². The molecule has 1 fully saturated rings. The number of nitrogens with two attached hydrogens (primary N) is 1. The maximum absolute atomic E-state index is 5.88. The topological polar surface area (TPSA) is 38.0 Å². The van der Waals surface area contributed by atoms with Crippen LogP contribution in [0.2, 0.25) is 5.02 Å². The van der Waals surface area contributed by atoms with Crippen LogP contribution in [0.1, 0.15) is 37.7 Å². The third-order valence-corrected chi connectivity index (χ3v) is 3.60. The highest BCUT2D eigenvalue weighted by Gasteiger charge is 2.12. The minimum absolute atomic E-state index is 0.640. The zero-order chi connectivity index (χ0) is 11.4. The van der Waals surface area contributed by atoms with Gasteiger partial charge in [-0.2, -0.15) is 0 Å². The fourth-order valence-corrected chi connectivity index (χ4v) is 2.39. The van der Waals surface area contributed by atoms with Crippen molar-refractivity contribution in [2.75, 3.05) is 5.73 Å². The van der Waals surface area contributed by atoms with Crippen molar-refractivity contribution in [1.29, 1.82) is 0 Å². The van der Waals surface area contributed by atoms with E-state index in [4.69, 9.17) is 17.3 Å². The Hall–Kier alpha value is -0.730. The highest BCUT2D eigenvalue weighted by molar-refractivity contribution is 6.33. The van der Waals surface area contributed by atoms with Gasteiger partial charge in [-0.3, -0.25) is 0 Å². The van der Waals surface area contributed by atoms with Crippen LogP contribution in [0.25, 0.3) is 0 Å². The van der Waals surface area contributed by atoms with Crippen LogP contribution < -0.4 is 11.1 Å². The van der Waals surface area contributed by atoms with Gasteiger partial charge in [0.05, 0.1) is 10.7 Å². The second-order valence-electron chi connectivity index (χ2n) is 4.57. The molecule has 0 aromatic heterocycles. The van der Waals surface area contributed by atoms with E-state index in [0.717, 1.165) is 6.54 Å². The summed E-state index contributed by atoms with van der Waals surface area (Å²) in [5.41, 5.74) is 7.66. The van der Waals surface area contributed by atoms with E-state index in [-0.39, 0.29) is 0 Å². The lowest BCUT2D eigenvalue weighted by Crippen LogP contribution is -2.30. The Morgan fingerprint density at radius 3 is 2.69 bits per heavy atom. The average molecular weight is 239 g/mol. The fourth-order valence-electron chi connectivity index (χ4n) is 2.27. The zero-order valence-electron chi connectivity index (χ0n) is 9.51. The molecule has 1 aliphatic rings. The molecule has 0 atom stereocenters. The van der Waals surface area contributed by atoms with Crippen molar-refractivity contribution in [2.24, 2.45) is 0 Å². The lowest BCUT2D eigenvalue weighted by atomic mass is 9.95. The number of halogens is 1. The van der Waals surface area contributed by atoms with Crippen LogP contribution in [0.5, 0.6) is 0 Å². The summed E-state index contributed by atoms with van der Waals surface area (Å²) in [5.74, 6) is 0. The molecule has 1 aromatic rings. The summed E-state index contributed by atoms with van der Waals surface area (Å²) >= 11 is 5.88. The molecule has 0 spiro atoms. The normalized spacial score (nSPS) is 17.6. The Bertz CT molecular complexity index is 346. The van der Waals surface area contributed by atoms with E-state index in [9.17, 15) is 0 Å². The van der Waals surface area contributed by atoms with Gasteiger partial charge in [0, 0.05) is 12.6 Å². The molecule has 0 bridgehead atoms. The molecular formula is C13H19ClN2. The van der Waals surface area contributed by atoms with Crippen molar-refractivity contribution in [3.63, 3.8) is 0 Å². The maximum atomic E-state index is 5.88. The first-order valence-corrected chi connectivity index (χ1v) is 6.41. The van der Waals surface area contributed by atoms with Crippen LogP contribution in [0.4, 0.5) is 5.69 Å². The predicted octanol–water partition coefficient (Wildman–Crippen LogP) is 3.34. The SMILES string of the molecule is Nc1cc(CNC2CCCCC2)ccc1Cl. The number of anilines is 1. The van der Waals surface area contributed by atoms with Gasteiger partial charge in [0.25, 0.3) is 0 Å². The third kappa shape index (κ3) is 3.13. The summed E-state index contributed by atoms with van der Waals surface area (Å²) in [6, 6.07) is 6.55. The van der Waals surface area contributed by atoms with Gasteiger partial charge in [0.15, 0.2) is 0 Å². The van der Waals surface area contributed by atoms with Crippen LogP contribution >= 0.6 is 11.6 Å². The summed E-state index contributed by atoms with van der Waals surface area (Å²) in [4.78, 5) is 0. The van der Waals surface area contributed by atoms with E-state index in [1.54, 1.807) is 0 Å². The van der Waals surface area contributed by atoms with Gasteiger partial charge in [-0.1, -0.05) is 36.9 Å². The molecule has 0 radical (unpaired) electrons. The van der Waals surface area contributed by atoms with Crippen molar-refractivity contribution < 1.29 is 0 Å². The molecule has 0 saturated heterocycles. The standard InChI is InChI=1S/C13H19ClN2/c14-12-7-6-10(8-13(12)15)9-16-11-4-2-1-3-5-11/h6-8,11,16H,1-5,9,15H2. The number of hydrogen-bond donors (Lipinski definition) is 2. The number of benzene rings is 1. The van der Waals surface area contributed by atoms with Crippen LogP contribution in [-0.2, 0) is 6.54 Å². The minimum Gasteiger partial charge on any atom is -0.398 e. The van der Waals surface area contributed by atoms with E-state index in [2.05, 4.69) is 5.32 Å². The van der Waals surface area contributed by atoms with Crippen LogP contribution in [0.15, 0.2) is 18.2 Å². The summed E-state index contributed by atoms with van der Waals surface area (Å²) in [5, 5.41) is 4.23. The maximum Gasteiger partial charge on any atom is 0.0635 e. The van der Waals surface area contributed by atoms with Gasteiger partial charge in [-0.25, -0.2) is 0 Å². The van der Waals surface area contributed by atoms with Gasteiger partial charge in [-0.05, 0) is 30.5 Å². The molecule has 1 aromatic carbocycles. The van der Waals surface area contributed by atoms with Crippen LogP contribution in [-0.4, -0.2) is 6.04 Å². The molecule has 0 amide bonds. The van der Waals surface area contributed by atoms with Gasteiger partial charge in [-0.15, -0.1) is 0 Å². The molecule has 3 heteroatoms. The van der Waals surface area contributed by atoms with Crippen LogP contribution in [0.3, 0.4) is 0 Å². The molecular weight excluding hydrogens is 220 g/mol. The van der Waals surface area contributed by atoms with Crippen molar-refractivity contribution in [2.45, 2.75) is 44.7 Å². The first kappa shape index (κ1) is 11.7. The second kappa shape index (κ2) is 5.55. The summed E-state index contributed by atoms with van der Waals surface area (Å²) in [6.45, 7) is 0.895. The quantitative estimate of drug-likeness (QED) is 0.793. The highest BCUT2D eigenvalue weighted by Crippen LogP contribution is 2.21. The lowest BCUT2D eigenvalue weighted by Gasteiger charge is -2.22. The Morgan fingerprint density at radius 2 is 2.00 bits per heavy atom. The Balaban J connectivity index is 1.86. The largest absolute Gasteiger partial charge is 0.398 e. The molecule has 0 heterocycles. The van der Waals surface area contributed by atoms with E-state index in [0.29, 0.717) is 16.8 Å². The number of rotatable bonds is 3. The van der Waals surface area contributed by atoms with Crippen LogP contribution in [0, 0.1) is 0 Å². The molecule has 0 aliphatic heterocycles. The van der Waals surface area contributed by atoms with Crippen molar-refractivity contribution in [3.05, 3.63) is 28.8 Å². The average Bonchev–Trinajstić information content (AvgIpc) is 2.32. The molecule has 16 heavy (non-hydrogen) atoms. The molecule has 3 N–H and O–H groups in total. The van der Waals surface area contributed by atoms with Gasteiger partial charge < -0.3 is 11.1 Å². The molecule has 2 rings (SSSR count). The van der Waals surface area contributed by atoms with Crippen molar-refractivity contribution in [1.82, 2.24) is 5.32 Å². The van der Waals surface area contributed by atoms with Crippen molar-refractivity contribution in [3.8, 4) is 0 Å². The Morgan fingerprint density at radius 1 is 1.25 bits per heavy atom. The van der Waals surface area contributed by atoms with Gasteiger partial charge >= 0.3 is 0 Å². The first-order chi connectivity index (χ1) is 7.75. The van der Waals surface area contributed by atoms with E-state index >= 15 is 0 Å². The lowest BCUT2D eigenvalue weighted by molar-refractivity contribution is 0.372. The smallest absolute Gasteiger partial charge is 0.0635 e. The Kier molecular flexibility index (Phi) is 4.08. The highest BCUT2D eigenvalue weighted by atomic mass is 35.5. The molecule has 1 aliphatic carbocycles. The fraction of sp³-hybridized carbons (Fsp3) is 0.538. The summed E-state index contributed by atoms with van der Waals surface area (Å²) < 4.78 is 0. The zero-order valence-corrected chi connectivity index (χ0v) is 10.3. The minimum atomic E-state index is 0.640. The third-order valence-electron chi connectivity index (χ3n) is 3.26. The van der Waals surface area contributed by atoms with Crippen molar-refractivity contribution >= 4 is 17.3 Å². The molecule has 88 valence electrons. The van der Waals surface area contributed by atoms with E-state index in [1.165, 1.54) is 37.7 Å². The summed E-state index contributed by atoms with van der Waals surface area (Å²) in [6.07, 6.45) is 6.74. The van der Waals surface area contributed by atoms with E-state index < -0.39 is 0 Å². The van der Waals surface area contributed by atoms with Gasteiger partial charge in [0.1, 0.15) is 0 Å². The number of hydrogen-bond acceptors (Lipinski definition) is 2. The first-order valence-electron chi connectivity index (χ1n) is 6.03. The number of nitrogen functional groups attached to an aromatic ring is 1. The molecule has 1 saturated carbocycles. The molecule has 0 unspecified atom stereocenters. The molecule has 2 nitrogen and oxygen atoms in total. The monoisotopic (exact) mass is 238 g/mol.